The summed E-state index contributed by atoms with van der Waals surface area (Å²) < 4.78 is 0. The van der Waals surface area contributed by atoms with Gasteiger partial charge in [0, 0.05) is 10.7 Å². The molecule has 2 rings (SSSR count). The minimum Gasteiger partial charge on any atom is -0.318 e. The highest BCUT2D eigenvalue weighted by molar-refractivity contribution is 6.39. The number of hydrogen-bond donors (Lipinski definition) is 2. The number of carbonyl (C=O) groups excluding carboxylic acids is 2. The van der Waals surface area contributed by atoms with Crippen molar-refractivity contribution in [3.63, 3.8) is 0 Å². The third kappa shape index (κ3) is 4.74. The molecule has 0 spiro atoms. The van der Waals surface area contributed by atoms with Crippen molar-refractivity contribution in [3.05, 3.63) is 65.2 Å². The molecule has 2 aromatic rings. The molecule has 0 aliphatic rings. The van der Waals surface area contributed by atoms with E-state index >= 15 is 0 Å². The summed E-state index contributed by atoms with van der Waals surface area (Å²) in [7, 11) is 0. The quantitative estimate of drug-likeness (QED) is 0.519. The van der Waals surface area contributed by atoms with E-state index in [0.717, 1.165) is 5.56 Å². The highest BCUT2D eigenvalue weighted by Gasteiger charge is 2.12. The van der Waals surface area contributed by atoms with Gasteiger partial charge in [-0.1, -0.05) is 48.0 Å². The smallest absolute Gasteiger partial charge is 0.318 e. The standard InChI is InChI=1S/C15H12ClN3O2/c16-12-7-4-8-13(9-12)18-14(20)15(21)19-17-10-11-5-2-1-3-6-11/h1-10H,(H,18,20)(H,19,21)/b17-10-. The summed E-state index contributed by atoms with van der Waals surface area (Å²) in [5.74, 6) is -1.68. The predicted octanol–water partition coefficient (Wildman–Crippen LogP) is 2.43. The molecule has 21 heavy (non-hydrogen) atoms. The van der Waals surface area contributed by atoms with Crippen LogP contribution in [0.15, 0.2) is 59.7 Å². The van der Waals surface area contributed by atoms with Crippen molar-refractivity contribution >= 4 is 35.3 Å². The zero-order valence-electron chi connectivity index (χ0n) is 10.9. The average molecular weight is 302 g/mol. The van der Waals surface area contributed by atoms with Crippen LogP contribution in [0.25, 0.3) is 0 Å². The molecular formula is C15H12ClN3O2. The van der Waals surface area contributed by atoms with Gasteiger partial charge in [-0.3, -0.25) is 9.59 Å². The highest BCUT2D eigenvalue weighted by Crippen LogP contribution is 2.14. The summed E-state index contributed by atoms with van der Waals surface area (Å²) in [5.41, 5.74) is 3.40. The molecule has 0 saturated carbocycles. The fourth-order valence-electron chi connectivity index (χ4n) is 1.51. The van der Waals surface area contributed by atoms with Gasteiger partial charge in [0.25, 0.3) is 0 Å². The predicted molar refractivity (Wildman–Crippen MR) is 82.3 cm³/mol. The second kappa shape index (κ2) is 7.21. The summed E-state index contributed by atoms with van der Waals surface area (Å²) in [6.07, 6.45) is 1.45. The second-order valence-electron chi connectivity index (χ2n) is 4.07. The fraction of sp³-hybridized carbons (Fsp3) is 0. The summed E-state index contributed by atoms with van der Waals surface area (Å²) >= 11 is 5.78. The highest BCUT2D eigenvalue weighted by atomic mass is 35.5. The Morgan fingerprint density at radius 2 is 1.76 bits per heavy atom. The van der Waals surface area contributed by atoms with E-state index in [9.17, 15) is 9.59 Å². The molecule has 2 amide bonds. The van der Waals surface area contributed by atoms with Crippen LogP contribution in [0, 0.1) is 0 Å². The van der Waals surface area contributed by atoms with Crippen molar-refractivity contribution in [1.82, 2.24) is 5.43 Å². The summed E-state index contributed by atoms with van der Waals surface area (Å²) in [6, 6.07) is 15.7. The van der Waals surface area contributed by atoms with Gasteiger partial charge in [-0.25, -0.2) is 5.43 Å². The first-order chi connectivity index (χ1) is 10.1. The molecule has 0 heterocycles. The van der Waals surface area contributed by atoms with Gasteiger partial charge in [0.2, 0.25) is 0 Å². The van der Waals surface area contributed by atoms with Gasteiger partial charge in [0.1, 0.15) is 0 Å². The number of halogens is 1. The summed E-state index contributed by atoms with van der Waals surface area (Å²) in [4.78, 5) is 23.2. The molecule has 0 saturated heterocycles. The van der Waals surface area contributed by atoms with Gasteiger partial charge in [-0.2, -0.15) is 5.10 Å². The topological polar surface area (TPSA) is 70.6 Å². The van der Waals surface area contributed by atoms with Gasteiger partial charge in [-0.05, 0) is 23.8 Å². The molecule has 2 N–H and O–H groups in total. The largest absolute Gasteiger partial charge is 0.329 e. The van der Waals surface area contributed by atoms with Crippen LogP contribution in [-0.2, 0) is 9.59 Å². The lowest BCUT2D eigenvalue weighted by atomic mass is 10.2. The number of anilines is 1. The third-order valence-corrected chi connectivity index (χ3v) is 2.70. The van der Waals surface area contributed by atoms with Crippen molar-refractivity contribution in [3.8, 4) is 0 Å². The first kappa shape index (κ1) is 14.7. The van der Waals surface area contributed by atoms with E-state index in [1.54, 1.807) is 24.3 Å². The SMILES string of the molecule is O=C(N/N=C\c1ccccc1)C(=O)Nc1cccc(Cl)c1. The number of hydrazone groups is 1. The lowest BCUT2D eigenvalue weighted by molar-refractivity contribution is -0.136. The Kier molecular flexibility index (Phi) is 5.06. The molecule has 0 fully saturated rings. The zero-order valence-corrected chi connectivity index (χ0v) is 11.7. The first-order valence-electron chi connectivity index (χ1n) is 6.10. The van der Waals surface area contributed by atoms with Crippen LogP contribution in [-0.4, -0.2) is 18.0 Å². The van der Waals surface area contributed by atoms with E-state index in [2.05, 4.69) is 15.8 Å². The van der Waals surface area contributed by atoms with Crippen LogP contribution in [0.4, 0.5) is 5.69 Å². The number of carbonyl (C=O) groups is 2. The molecule has 0 aromatic heterocycles. The molecule has 106 valence electrons. The summed E-state index contributed by atoms with van der Waals surface area (Å²) in [6.45, 7) is 0. The molecule has 0 unspecified atom stereocenters. The molecule has 0 aliphatic carbocycles. The Hall–Kier alpha value is -2.66. The minimum atomic E-state index is -0.859. The molecule has 2 aromatic carbocycles. The number of hydrogen-bond acceptors (Lipinski definition) is 3. The van der Waals surface area contributed by atoms with Crippen molar-refractivity contribution in [1.29, 1.82) is 0 Å². The molecule has 0 radical (unpaired) electrons. The maximum atomic E-state index is 11.6. The van der Waals surface area contributed by atoms with Crippen LogP contribution in [0.2, 0.25) is 5.02 Å². The number of nitrogens with zero attached hydrogens (tertiary/aromatic N) is 1. The lowest BCUT2D eigenvalue weighted by Crippen LogP contribution is -2.32. The molecule has 0 aliphatic heterocycles. The van der Waals surface area contributed by atoms with Crippen molar-refractivity contribution < 1.29 is 9.59 Å². The Bertz CT molecular complexity index is 672. The maximum absolute atomic E-state index is 11.6. The average Bonchev–Trinajstić information content (AvgIpc) is 2.48. The molecular weight excluding hydrogens is 290 g/mol. The number of amides is 2. The number of nitrogens with one attached hydrogen (secondary N) is 2. The van der Waals surface area contributed by atoms with E-state index in [0.29, 0.717) is 10.7 Å². The van der Waals surface area contributed by atoms with Gasteiger partial charge >= 0.3 is 11.8 Å². The van der Waals surface area contributed by atoms with Crippen molar-refractivity contribution in [2.75, 3.05) is 5.32 Å². The van der Waals surface area contributed by atoms with Gasteiger partial charge in [0.15, 0.2) is 0 Å². The third-order valence-electron chi connectivity index (χ3n) is 2.47. The molecule has 5 nitrogen and oxygen atoms in total. The lowest BCUT2D eigenvalue weighted by Gasteiger charge is -2.03. The maximum Gasteiger partial charge on any atom is 0.329 e. The zero-order chi connectivity index (χ0) is 15.1. The van der Waals surface area contributed by atoms with Crippen LogP contribution >= 0.6 is 11.6 Å². The van der Waals surface area contributed by atoms with Crippen LogP contribution < -0.4 is 10.7 Å². The second-order valence-corrected chi connectivity index (χ2v) is 4.51. The fourth-order valence-corrected chi connectivity index (χ4v) is 1.70. The van der Waals surface area contributed by atoms with E-state index in [4.69, 9.17) is 11.6 Å². The van der Waals surface area contributed by atoms with Crippen LogP contribution in [0.3, 0.4) is 0 Å². The van der Waals surface area contributed by atoms with E-state index < -0.39 is 11.8 Å². The Morgan fingerprint density at radius 1 is 1.00 bits per heavy atom. The molecule has 0 atom stereocenters. The van der Waals surface area contributed by atoms with Crippen LogP contribution in [0.1, 0.15) is 5.56 Å². The number of benzene rings is 2. The molecule has 6 heteroatoms. The van der Waals surface area contributed by atoms with E-state index in [1.807, 2.05) is 30.3 Å². The summed E-state index contributed by atoms with van der Waals surface area (Å²) in [5, 5.41) is 6.60. The minimum absolute atomic E-state index is 0.440. The van der Waals surface area contributed by atoms with Gasteiger partial charge in [-0.15, -0.1) is 0 Å². The van der Waals surface area contributed by atoms with E-state index in [-0.39, 0.29) is 0 Å². The van der Waals surface area contributed by atoms with Crippen LogP contribution in [0.5, 0.6) is 0 Å². The number of rotatable bonds is 3. The Morgan fingerprint density at radius 3 is 2.48 bits per heavy atom. The van der Waals surface area contributed by atoms with E-state index in [1.165, 1.54) is 6.21 Å². The Balaban J connectivity index is 1.88. The Labute approximate surface area is 126 Å². The van der Waals surface area contributed by atoms with Crippen molar-refractivity contribution in [2.45, 2.75) is 0 Å². The van der Waals surface area contributed by atoms with Crippen molar-refractivity contribution in [2.24, 2.45) is 5.10 Å². The van der Waals surface area contributed by atoms with Gasteiger partial charge in [0.05, 0.1) is 6.21 Å². The molecule has 0 bridgehead atoms. The van der Waals surface area contributed by atoms with Gasteiger partial charge < -0.3 is 5.32 Å². The normalized spacial score (nSPS) is 10.3. The monoisotopic (exact) mass is 301 g/mol. The first-order valence-corrected chi connectivity index (χ1v) is 6.48.